The molecular formula is C63H43N3. The lowest BCUT2D eigenvalue weighted by Gasteiger charge is -2.22. The van der Waals surface area contributed by atoms with Crippen molar-refractivity contribution in [1.29, 1.82) is 0 Å². The van der Waals surface area contributed by atoms with E-state index >= 15 is 0 Å². The Morgan fingerprint density at radius 2 is 0.939 bits per heavy atom. The van der Waals surface area contributed by atoms with Crippen LogP contribution in [0, 0.1) is 0 Å². The molecule has 0 unspecified atom stereocenters. The number of aromatic nitrogens is 3. The predicted octanol–water partition coefficient (Wildman–Crippen LogP) is 16.5. The van der Waals surface area contributed by atoms with Crippen LogP contribution in [0.1, 0.15) is 25.0 Å². The Hall–Kier alpha value is -8.40. The first kappa shape index (κ1) is 38.1. The average molecular weight is 842 g/mol. The lowest BCUT2D eigenvalue weighted by Crippen LogP contribution is -2.14. The van der Waals surface area contributed by atoms with E-state index in [0.717, 1.165) is 55.9 Å². The van der Waals surface area contributed by atoms with E-state index in [1.54, 1.807) is 0 Å². The van der Waals surface area contributed by atoms with Crippen LogP contribution in [0.3, 0.4) is 0 Å². The second-order valence-corrected chi connectivity index (χ2v) is 18.2. The van der Waals surface area contributed by atoms with Gasteiger partial charge in [-0.1, -0.05) is 190 Å². The molecular weight excluding hydrogens is 799 g/mol. The van der Waals surface area contributed by atoms with Crippen molar-refractivity contribution >= 4 is 43.4 Å². The minimum Gasteiger partial charge on any atom is -0.309 e. The molecule has 0 N–H and O–H groups in total. The molecule has 0 saturated heterocycles. The molecule has 0 fully saturated rings. The third-order valence-electron chi connectivity index (χ3n) is 14.0. The molecule has 0 atom stereocenters. The second kappa shape index (κ2) is 14.8. The molecule has 0 radical (unpaired) electrons. The Morgan fingerprint density at radius 1 is 0.333 bits per heavy atom. The molecule has 0 bridgehead atoms. The molecule has 2 aromatic heterocycles. The van der Waals surface area contributed by atoms with E-state index < -0.39 is 0 Å². The third-order valence-corrected chi connectivity index (χ3v) is 14.0. The molecule has 2 heterocycles. The molecule has 10 aromatic carbocycles. The summed E-state index contributed by atoms with van der Waals surface area (Å²) in [5, 5.41) is 7.30. The standard InChI is InChI=1S/C63H43N3/c1-63(2)56-27-15-13-25-51(56)52-31-30-44(37-57(52)63)59-39-58(41-19-7-4-8-20-41)64-62(65-59)46-33-45(55-36-43-21-9-10-22-48(43)49-23-11-12-24-50(49)55)34-47(35-46)66-60-28-16-14-26-53(60)54-32-29-42(38-61(54)66)40-17-5-3-6-18-40/h3-39H,1-2H3. The second-order valence-electron chi connectivity index (χ2n) is 18.2. The number of hydrogen-bond donors (Lipinski definition) is 0. The summed E-state index contributed by atoms with van der Waals surface area (Å²) < 4.78 is 2.44. The summed E-state index contributed by atoms with van der Waals surface area (Å²) >= 11 is 0. The SMILES string of the molecule is CC1(C)c2ccccc2-c2ccc(-c3cc(-c4ccccc4)nc(-c4cc(-c5cc6ccccc6c6ccccc56)cc(-n5c6ccccc6c6ccc(-c7ccccc7)cc65)c4)n3)cc21. The van der Waals surface area contributed by atoms with Crippen LogP contribution in [0.5, 0.6) is 0 Å². The van der Waals surface area contributed by atoms with Gasteiger partial charge in [0.05, 0.1) is 22.4 Å². The van der Waals surface area contributed by atoms with Crippen molar-refractivity contribution in [2.45, 2.75) is 19.3 Å². The van der Waals surface area contributed by atoms with E-state index in [0.29, 0.717) is 5.82 Å². The topological polar surface area (TPSA) is 30.7 Å². The first-order chi connectivity index (χ1) is 32.5. The maximum absolute atomic E-state index is 5.55. The van der Waals surface area contributed by atoms with Crippen molar-refractivity contribution in [2.24, 2.45) is 0 Å². The summed E-state index contributed by atoms with van der Waals surface area (Å²) in [7, 11) is 0. The van der Waals surface area contributed by atoms with Crippen molar-refractivity contribution in [3.05, 3.63) is 236 Å². The zero-order chi connectivity index (χ0) is 43.9. The highest BCUT2D eigenvalue weighted by molar-refractivity contribution is 6.14. The molecule has 0 spiro atoms. The number of benzene rings is 10. The number of para-hydroxylation sites is 1. The highest BCUT2D eigenvalue weighted by Crippen LogP contribution is 2.50. The quantitative estimate of drug-likeness (QED) is 0.156. The molecule has 3 heteroatoms. The number of rotatable bonds is 6. The maximum atomic E-state index is 5.55. The van der Waals surface area contributed by atoms with Gasteiger partial charge >= 0.3 is 0 Å². The van der Waals surface area contributed by atoms with Crippen molar-refractivity contribution < 1.29 is 0 Å². The van der Waals surface area contributed by atoms with Crippen molar-refractivity contribution in [3.8, 4) is 73.0 Å². The smallest absolute Gasteiger partial charge is 0.160 e. The van der Waals surface area contributed by atoms with Gasteiger partial charge in [-0.25, -0.2) is 9.97 Å². The van der Waals surface area contributed by atoms with E-state index in [4.69, 9.17) is 9.97 Å². The highest BCUT2D eigenvalue weighted by atomic mass is 15.0. The first-order valence-corrected chi connectivity index (χ1v) is 22.8. The fourth-order valence-electron chi connectivity index (χ4n) is 10.7. The lowest BCUT2D eigenvalue weighted by atomic mass is 9.82. The molecule has 66 heavy (non-hydrogen) atoms. The maximum Gasteiger partial charge on any atom is 0.160 e. The van der Waals surface area contributed by atoms with E-state index in [1.165, 1.54) is 65.7 Å². The summed E-state index contributed by atoms with van der Waals surface area (Å²) in [4.78, 5) is 11.0. The van der Waals surface area contributed by atoms with Crippen LogP contribution in [-0.2, 0) is 5.41 Å². The van der Waals surface area contributed by atoms with Crippen LogP contribution >= 0.6 is 0 Å². The van der Waals surface area contributed by atoms with Gasteiger partial charge in [-0.2, -0.15) is 0 Å². The van der Waals surface area contributed by atoms with Gasteiger partial charge in [0.25, 0.3) is 0 Å². The van der Waals surface area contributed by atoms with E-state index in [2.05, 4.69) is 243 Å². The van der Waals surface area contributed by atoms with Gasteiger partial charge in [-0.3, -0.25) is 0 Å². The third kappa shape index (κ3) is 6.04. The molecule has 0 saturated carbocycles. The molecule has 0 aliphatic heterocycles. The van der Waals surface area contributed by atoms with Gasteiger partial charge in [0, 0.05) is 38.6 Å². The minimum absolute atomic E-state index is 0.144. The fourth-order valence-corrected chi connectivity index (χ4v) is 10.7. The van der Waals surface area contributed by atoms with Gasteiger partial charge in [-0.15, -0.1) is 0 Å². The van der Waals surface area contributed by atoms with Gasteiger partial charge in [-0.05, 0) is 115 Å². The Morgan fingerprint density at radius 3 is 1.76 bits per heavy atom. The Bertz CT molecular complexity index is 3900. The van der Waals surface area contributed by atoms with Gasteiger partial charge in [0.1, 0.15) is 0 Å². The van der Waals surface area contributed by atoms with Crippen molar-refractivity contribution in [2.75, 3.05) is 0 Å². The van der Waals surface area contributed by atoms with Crippen LogP contribution < -0.4 is 0 Å². The number of nitrogens with zero attached hydrogens (tertiary/aromatic N) is 3. The minimum atomic E-state index is -0.144. The molecule has 310 valence electrons. The average Bonchev–Trinajstić information content (AvgIpc) is 3.83. The van der Waals surface area contributed by atoms with Crippen molar-refractivity contribution in [3.63, 3.8) is 0 Å². The molecule has 1 aliphatic rings. The normalized spacial score (nSPS) is 12.8. The monoisotopic (exact) mass is 841 g/mol. The molecule has 13 rings (SSSR count). The number of hydrogen-bond acceptors (Lipinski definition) is 2. The largest absolute Gasteiger partial charge is 0.309 e. The van der Waals surface area contributed by atoms with Gasteiger partial charge < -0.3 is 4.57 Å². The summed E-state index contributed by atoms with van der Waals surface area (Å²) in [6, 6.07) is 81.6. The number of fused-ring (bicyclic) bond motifs is 9. The Kier molecular flexibility index (Phi) is 8.56. The van der Waals surface area contributed by atoms with Crippen molar-refractivity contribution in [1.82, 2.24) is 14.5 Å². The highest BCUT2D eigenvalue weighted by Gasteiger charge is 2.35. The summed E-state index contributed by atoms with van der Waals surface area (Å²) in [6.07, 6.45) is 0. The molecule has 3 nitrogen and oxygen atoms in total. The summed E-state index contributed by atoms with van der Waals surface area (Å²) in [5.41, 5.74) is 17.9. The predicted molar refractivity (Wildman–Crippen MR) is 276 cm³/mol. The zero-order valence-corrected chi connectivity index (χ0v) is 36.7. The van der Waals surface area contributed by atoms with Crippen LogP contribution in [0.15, 0.2) is 224 Å². The lowest BCUT2D eigenvalue weighted by molar-refractivity contribution is 0.660. The van der Waals surface area contributed by atoms with E-state index in [9.17, 15) is 0 Å². The van der Waals surface area contributed by atoms with Crippen LogP contribution in [0.4, 0.5) is 0 Å². The summed E-state index contributed by atoms with van der Waals surface area (Å²) in [6.45, 7) is 4.67. The molecule has 12 aromatic rings. The van der Waals surface area contributed by atoms with Gasteiger partial charge in [0.2, 0.25) is 0 Å². The Balaban J connectivity index is 1.09. The summed E-state index contributed by atoms with van der Waals surface area (Å²) in [5.74, 6) is 0.674. The van der Waals surface area contributed by atoms with Crippen LogP contribution in [0.25, 0.3) is 116 Å². The molecule has 1 aliphatic carbocycles. The van der Waals surface area contributed by atoms with Crippen LogP contribution in [-0.4, -0.2) is 14.5 Å². The zero-order valence-electron chi connectivity index (χ0n) is 36.7. The fraction of sp³-hybridized carbons (Fsp3) is 0.0476. The van der Waals surface area contributed by atoms with Gasteiger partial charge in [0.15, 0.2) is 5.82 Å². The first-order valence-electron chi connectivity index (χ1n) is 22.8. The van der Waals surface area contributed by atoms with E-state index in [1.807, 2.05) is 0 Å². The Labute approximate surface area is 384 Å². The van der Waals surface area contributed by atoms with Crippen LogP contribution in [0.2, 0.25) is 0 Å². The van der Waals surface area contributed by atoms with E-state index in [-0.39, 0.29) is 5.41 Å². The molecule has 0 amide bonds.